The smallest absolute Gasteiger partial charge is 0.315 e. The van der Waals surface area contributed by atoms with E-state index < -0.39 is 47.2 Å². The molecule has 3 unspecified atom stereocenters. The number of amides is 5. The van der Waals surface area contributed by atoms with E-state index in [4.69, 9.17) is 6.42 Å². The third kappa shape index (κ3) is 10.5. The van der Waals surface area contributed by atoms with Crippen LogP contribution >= 0.6 is 0 Å². The van der Waals surface area contributed by atoms with E-state index in [9.17, 15) is 24.0 Å². The molecule has 1 aliphatic rings. The number of Topliss-reactive ketones (excluding diaryl/α,β-unsaturated/α-hetero) is 1. The van der Waals surface area contributed by atoms with Crippen LogP contribution in [0.2, 0.25) is 0 Å². The molecule has 0 saturated carbocycles. The van der Waals surface area contributed by atoms with Crippen LogP contribution in [0.5, 0.6) is 0 Å². The first kappa shape index (κ1) is 32.7. The molecule has 1 aliphatic heterocycles. The molecular weight excluding hydrogens is 462 g/mol. The minimum Gasteiger partial charge on any atom is -0.346 e. The van der Waals surface area contributed by atoms with Crippen molar-refractivity contribution < 1.29 is 24.0 Å². The van der Waals surface area contributed by atoms with E-state index in [0.717, 1.165) is 0 Å². The van der Waals surface area contributed by atoms with Gasteiger partial charge in [-0.25, -0.2) is 4.79 Å². The molecule has 0 aromatic heterocycles. The predicted molar refractivity (Wildman–Crippen MR) is 140 cm³/mol. The molecule has 3 atom stereocenters. The van der Waals surface area contributed by atoms with E-state index in [1.807, 2.05) is 20.8 Å². The number of nitrogens with zero attached hydrogens (tertiary/aromatic N) is 1. The molecule has 1 saturated heterocycles. The highest BCUT2D eigenvalue weighted by atomic mass is 16.2. The summed E-state index contributed by atoms with van der Waals surface area (Å²) in [6.45, 7) is 13.6. The van der Waals surface area contributed by atoms with Gasteiger partial charge in [-0.2, -0.15) is 0 Å². The molecule has 0 radical (unpaired) electrons. The van der Waals surface area contributed by atoms with Crippen molar-refractivity contribution >= 4 is 29.5 Å². The summed E-state index contributed by atoms with van der Waals surface area (Å²) in [6.07, 6.45) is 9.23. The third-order valence-electron chi connectivity index (χ3n) is 5.30. The maximum absolute atomic E-state index is 13.3. The van der Waals surface area contributed by atoms with Gasteiger partial charge < -0.3 is 26.2 Å². The number of likely N-dealkylation sites (tertiary alicyclic amines) is 1. The average Bonchev–Trinajstić information content (AvgIpc) is 3.32. The first-order valence-corrected chi connectivity index (χ1v) is 12.3. The van der Waals surface area contributed by atoms with Crippen LogP contribution in [0.3, 0.4) is 0 Å². The van der Waals surface area contributed by atoms with Crippen LogP contribution in [0.25, 0.3) is 0 Å². The molecule has 4 N–H and O–H groups in total. The number of hydrogen-bond donors (Lipinski definition) is 4. The summed E-state index contributed by atoms with van der Waals surface area (Å²) in [7, 11) is 1.45. The fraction of sp³-hybridized carbons (Fsp3) is 0.654. The van der Waals surface area contributed by atoms with E-state index in [1.54, 1.807) is 0 Å². The van der Waals surface area contributed by atoms with Crippen molar-refractivity contribution in [3.8, 4) is 12.3 Å². The predicted octanol–water partition coefficient (Wildman–Crippen LogP) is 1.51. The molecule has 0 aromatic rings. The Balaban J connectivity index is 0.00000387. The van der Waals surface area contributed by atoms with Crippen molar-refractivity contribution in [2.45, 2.75) is 84.8 Å². The lowest BCUT2D eigenvalue weighted by molar-refractivity contribution is -0.143. The van der Waals surface area contributed by atoms with E-state index in [-0.39, 0.29) is 25.3 Å². The minimum atomic E-state index is -1.11. The average molecular weight is 506 g/mol. The minimum absolute atomic E-state index is 0.0894. The summed E-state index contributed by atoms with van der Waals surface area (Å²) in [5, 5.41) is 10.1. The van der Waals surface area contributed by atoms with Gasteiger partial charge in [-0.05, 0) is 24.7 Å². The highest BCUT2D eigenvalue weighted by Crippen LogP contribution is 2.26. The highest BCUT2D eigenvalue weighted by molar-refractivity contribution is 6.38. The van der Waals surface area contributed by atoms with E-state index in [2.05, 4.69) is 47.6 Å². The van der Waals surface area contributed by atoms with E-state index in [1.165, 1.54) is 24.4 Å². The van der Waals surface area contributed by atoms with Crippen LogP contribution in [0.1, 0.15) is 66.7 Å². The van der Waals surface area contributed by atoms with Crippen LogP contribution < -0.4 is 21.3 Å². The Labute approximate surface area is 215 Å². The zero-order valence-electron chi connectivity index (χ0n) is 22.5. The van der Waals surface area contributed by atoms with Crippen molar-refractivity contribution in [2.75, 3.05) is 20.1 Å². The molecule has 10 nitrogen and oxygen atoms in total. The molecule has 10 heteroatoms. The Morgan fingerprint density at radius 3 is 2.28 bits per heavy atom. The summed E-state index contributed by atoms with van der Waals surface area (Å²) < 4.78 is 0. The Morgan fingerprint density at radius 2 is 1.78 bits per heavy atom. The Morgan fingerprint density at radius 1 is 1.17 bits per heavy atom. The highest BCUT2D eigenvalue weighted by Gasteiger charge is 2.42. The van der Waals surface area contributed by atoms with Gasteiger partial charge in [-0.3, -0.25) is 19.2 Å². The second-order valence-corrected chi connectivity index (χ2v) is 9.59. The van der Waals surface area contributed by atoms with Crippen molar-refractivity contribution in [1.29, 1.82) is 0 Å². The topological polar surface area (TPSA) is 137 Å². The summed E-state index contributed by atoms with van der Waals surface area (Å²) in [6, 6.07) is -3.31. The second-order valence-electron chi connectivity index (χ2n) is 9.59. The summed E-state index contributed by atoms with van der Waals surface area (Å²) in [4.78, 5) is 64.3. The summed E-state index contributed by atoms with van der Waals surface area (Å²) in [5.74, 6) is -0.196. The van der Waals surface area contributed by atoms with Crippen LogP contribution in [0.4, 0.5) is 4.79 Å². The van der Waals surface area contributed by atoms with Gasteiger partial charge >= 0.3 is 6.03 Å². The van der Waals surface area contributed by atoms with Gasteiger partial charge in [0.1, 0.15) is 12.1 Å². The quantitative estimate of drug-likeness (QED) is 0.203. The van der Waals surface area contributed by atoms with Crippen LogP contribution in [0, 0.1) is 17.8 Å². The zero-order chi connectivity index (χ0) is 27.9. The molecule has 1 rings (SSSR count). The maximum Gasteiger partial charge on any atom is 0.315 e. The fourth-order valence-corrected chi connectivity index (χ4v) is 3.50. The first-order chi connectivity index (χ1) is 16.9. The number of terminal acetylenes is 1. The lowest BCUT2D eigenvalue weighted by Crippen LogP contribution is -2.59. The van der Waals surface area contributed by atoms with Gasteiger partial charge in [0, 0.05) is 26.6 Å². The summed E-state index contributed by atoms with van der Waals surface area (Å²) in [5.41, 5.74) is -0.609. The van der Waals surface area contributed by atoms with Crippen molar-refractivity contribution in [2.24, 2.45) is 5.41 Å². The Kier molecular flexibility index (Phi) is 14.8. The largest absolute Gasteiger partial charge is 0.346 e. The van der Waals surface area contributed by atoms with Crippen LogP contribution in [-0.2, 0) is 19.2 Å². The third-order valence-corrected chi connectivity index (χ3v) is 5.30. The lowest BCUT2D eigenvalue weighted by Gasteiger charge is -2.35. The molecule has 1 heterocycles. The molecular formula is C26H43N5O5. The summed E-state index contributed by atoms with van der Waals surface area (Å²) >= 11 is 0. The van der Waals surface area contributed by atoms with Gasteiger partial charge in [0.15, 0.2) is 0 Å². The van der Waals surface area contributed by atoms with Crippen molar-refractivity contribution in [1.82, 2.24) is 26.2 Å². The maximum atomic E-state index is 13.3. The van der Waals surface area contributed by atoms with E-state index >= 15 is 0 Å². The van der Waals surface area contributed by atoms with Crippen molar-refractivity contribution in [3.05, 3.63) is 12.7 Å². The fourth-order valence-electron chi connectivity index (χ4n) is 3.50. The standard InChI is InChI=1S/C23H35N5O5.C3H8/c1-7-9-11-15(17(29)20(31)25-13-8-2)26-19(30)16-12-10-14-28(16)21(32)18(23(3,4)5)27-22(33)24-6;1-3-2/h1,8,15-16,18H,2,9-14H2,3-6H3,(H,25,31)(H,26,30)(H2,24,27,33);3H2,1-2H3. The van der Waals surface area contributed by atoms with E-state index in [0.29, 0.717) is 19.4 Å². The van der Waals surface area contributed by atoms with Gasteiger partial charge in [0.05, 0.1) is 6.04 Å². The number of hydrogen-bond acceptors (Lipinski definition) is 5. The van der Waals surface area contributed by atoms with Crippen LogP contribution in [0.15, 0.2) is 12.7 Å². The Bertz CT molecular complexity index is 828. The molecule has 5 amide bonds. The van der Waals surface area contributed by atoms with Gasteiger partial charge in [-0.15, -0.1) is 18.9 Å². The molecule has 36 heavy (non-hydrogen) atoms. The van der Waals surface area contributed by atoms with Crippen molar-refractivity contribution in [3.63, 3.8) is 0 Å². The number of urea groups is 1. The number of rotatable bonds is 10. The molecule has 0 aliphatic carbocycles. The number of nitrogens with one attached hydrogen (secondary N) is 4. The van der Waals surface area contributed by atoms with Gasteiger partial charge in [0.2, 0.25) is 17.6 Å². The number of carbonyl (C=O) groups excluding carboxylic acids is 5. The molecule has 0 spiro atoms. The first-order valence-electron chi connectivity index (χ1n) is 12.3. The van der Waals surface area contributed by atoms with Crippen LogP contribution in [-0.4, -0.2) is 72.7 Å². The molecule has 0 bridgehead atoms. The number of ketones is 1. The normalized spacial score (nSPS) is 16.2. The molecule has 0 aromatic carbocycles. The number of carbonyl (C=O) groups is 5. The Hall–Kier alpha value is -3.35. The lowest BCUT2D eigenvalue weighted by atomic mass is 9.85. The second kappa shape index (κ2) is 16.3. The molecule has 1 fully saturated rings. The molecule has 202 valence electrons. The van der Waals surface area contributed by atoms with Gasteiger partial charge in [0.25, 0.3) is 5.91 Å². The van der Waals surface area contributed by atoms with Gasteiger partial charge in [-0.1, -0.05) is 47.1 Å². The monoisotopic (exact) mass is 505 g/mol. The SMILES string of the molecule is C#CCCC(NC(=O)C1CCCN1C(=O)C(NC(=O)NC)C(C)(C)C)C(=O)C(=O)NCC=C.CCC. The zero-order valence-corrected chi connectivity index (χ0v) is 22.5.